The van der Waals surface area contributed by atoms with E-state index >= 15 is 0 Å². The quantitative estimate of drug-likeness (QED) is 0.873. The van der Waals surface area contributed by atoms with Gasteiger partial charge >= 0.3 is 6.18 Å². The van der Waals surface area contributed by atoms with Crippen molar-refractivity contribution < 1.29 is 27.6 Å². The van der Waals surface area contributed by atoms with Crippen LogP contribution in [0.3, 0.4) is 0 Å². The summed E-state index contributed by atoms with van der Waals surface area (Å²) in [6, 6.07) is 4.58. The van der Waals surface area contributed by atoms with E-state index in [9.17, 15) is 18.0 Å². The second-order valence-corrected chi connectivity index (χ2v) is 5.02. The van der Waals surface area contributed by atoms with Crippen molar-refractivity contribution in [2.75, 3.05) is 31.6 Å². The Morgan fingerprint density at radius 3 is 2.52 bits per heavy atom. The Balaban J connectivity index is 2.09. The highest BCUT2D eigenvalue weighted by Crippen LogP contribution is 2.34. The summed E-state index contributed by atoms with van der Waals surface area (Å²) in [5.41, 5.74) is -1.03. The standard InChI is InChI=1S/C14H17F3N2O2/c1-10(19-6-8-21-9-7-19)13(20)18-12-5-3-2-4-11(12)14(15,16)17/h2-5,10H,6-9H2,1H3,(H,18,20)/p+1/t10-/m0/s1. The highest BCUT2D eigenvalue weighted by molar-refractivity contribution is 5.94. The summed E-state index contributed by atoms with van der Waals surface area (Å²) in [5.74, 6) is -0.413. The fourth-order valence-electron chi connectivity index (χ4n) is 2.33. The van der Waals surface area contributed by atoms with Crippen LogP contribution in [0.25, 0.3) is 0 Å². The Hall–Kier alpha value is -1.60. The molecule has 1 heterocycles. The first-order valence-electron chi connectivity index (χ1n) is 6.79. The Labute approximate surface area is 120 Å². The van der Waals surface area contributed by atoms with Gasteiger partial charge in [0, 0.05) is 0 Å². The predicted octanol–water partition coefficient (Wildman–Crippen LogP) is 0.948. The minimum Gasteiger partial charge on any atom is -0.370 e. The minimum absolute atomic E-state index is 0.200. The third-order valence-electron chi connectivity index (χ3n) is 3.63. The van der Waals surface area contributed by atoms with Crippen LogP contribution in [0.4, 0.5) is 18.9 Å². The molecular weight excluding hydrogens is 285 g/mol. The summed E-state index contributed by atoms with van der Waals surface area (Å²) < 4.78 is 43.9. The Morgan fingerprint density at radius 1 is 1.29 bits per heavy atom. The van der Waals surface area contributed by atoms with E-state index in [1.54, 1.807) is 6.92 Å². The molecule has 0 radical (unpaired) electrons. The summed E-state index contributed by atoms with van der Waals surface area (Å²) in [4.78, 5) is 13.2. The minimum atomic E-state index is -4.49. The van der Waals surface area contributed by atoms with Crippen molar-refractivity contribution >= 4 is 11.6 Å². The molecule has 1 aliphatic heterocycles. The molecule has 2 rings (SSSR count). The molecule has 1 aliphatic rings. The van der Waals surface area contributed by atoms with Gasteiger partial charge in [0.2, 0.25) is 0 Å². The zero-order valence-electron chi connectivity index (χ0n) is 11.7. The van der Waals surface area contributed by atoms with Crippen molar-refractivity contribution in [2.24, 2.45) is 0 Å². The molecule has 116 valence electrons. The lowest BCUT2D eigenvalue weighted by atomic mass is 10.1. The molecule has 7 heteroatoms. The smallest absolute Gasteiger partial charge is 0.370 e. The maximum Gasteiger partial charge on any atom is 0.418 e. The number of carbonyl (C=O) groups excluding carboxylic acids is 1. The Kier molecular flexibility index (Phi) is 4.84. The van der Waals surface area contributed by atoms with Crippen LogP contribution in [0, 0.1) is 0 Å². The van der Waals surface area contributed by atoms with E-state index in [1.165, 1.54) is 18.2 Å². The highest BCUT2D eigenvalue weighted by atomic mass is 19.4. The molecule has 21 heavy (non-hydrogen) atoms. The molecule has 0 aromatic heterocycles. The van der Waals surface area contributed by atoms with E-state index in [2.05, 4.69) is 5.32 Å². The Morgan fingerprint density at radius 2 is 1.90 bits per heavy atom. The summed E-state index contributed by atoms with van der Waals surface area (Å²) in [7, 11) is 0. The van der Waals surface area contributed by atoms with Crippen LogP contribution < -0.4 is 10.2 Å². The number of carbonyl (C=O) groups is 1. The van der Waals surface area contributed by atoms with E-state index in [-0.39, 0.29) is 5.69 Å². The highest BCUT2D eigenvalue weighted by Gasteiger charge is 2.34. The lowest BCUT2D eigenvalue weighted by molar-refractivity contribution is -0.921. The van der Waals surface area contributed by atoms with Gasteiger partial charge < -0.3 is 15.0 Å². The van der Waals surface area contributed by atoms with Crippen LogP contribution >= 0.6 is 0 Å². The lowest BCUT2D eigenvalue weighted by Crippen LogP contribution is -3.18. The van der Waals surface area contributed by atoms with Gasteiger partial charge in [0.05, 0.1) is 24.5 Å². The molecule has 0 bridgehead atoms. The molecule has 1 aromatic carbocycles. The summed E-state index contributed by atoms with van der Waals surface area (Å²) >= 11 is 0. The number of nitrogens with one attached hydrogen (secondary N) is 2. The molecule has 4 nitrogen and oxygen atoms in total. The van der Waals surface area contributed by atoms with Gasteiger partial charge in [-0.25, -0.2) is 0 Å². The van der Waals surface area contributed by atoms with Crippen LogP contribution in [0.2, 0.25) is 0 Å². The van der Waals surface area contributed by atoms with Gasteiger partial charge in [0.1, 0.15) is 13.1 Å². The van der Waals surface area contributed by atoms with Crippen LogP contribution in [-0.4, -0.2) is 38.3 Å². The number of alkyl halides is 3. The fourth-order valence-corrected chi connectivity index (χ4v) is 2.33. The summed E-state index contributed by atoms with van der Waals surface area (Å²) in [6.07, 6.45) is -4.49. The number of rotatable bonds is 3. The van der Waals surface area contributed by atoms with Gasteiger partial charge in [0.25, 0.3) is 5.91 Å². The zero-order valence-corrected chi connectivity index (χ0v) is 11.7. The van der Waals surface area contributed by atoms with Gasteiger partial charge in [0.15, 0.2) is 6.04 Å². The van der Waals surface area contributed by atoms with Crippen LogP contribution in [-0.2, 0) is 15.7 Å². The zero-order chi connectivity index (χ0) is 15.5. The first-order valence-corrected chi connectivity index (χ1v) is 6.79. The fraction of sp³-hybridized carbons (Fsp3) is 0.500. The lowest BCUT2D eigenvalue weighted by Gasteiger charge is -2.28. The predicted molar refractivity (Wildman–Crippen MR) is 71.1 cm³/mol. The first-order chi connectivity index (χ1) is 9.89. The molecule has 0 saturated carbocycles. The maximum atomic E-state index is 12.9. The second-order valence-electron chi connectivity index (χ2n) is 5.02. The number of hydrogen-bond acceptors (Lipinski definition) is 2. The average molecular weight is 303 g/mol. The third kappa shape index (κ3) is 3.95. The van der Waals surface area contributed by atoms with Gasteiger partial charge in [-0.2, -0.15) is 13.2 Å². The van der Waals surface area contributed by atoms with Crippen molar-refractivity contribution in [2.45, 2.75) is 19.1 Å². The number of benzene rings is 1. The van der Waals surface area contributed by atoms with E-state index in [4.69, 9.17) is 4.74 Å². The van der Waals surface area contributed by atoms with Crippen LogP contribution in [0.1, 0.15) is 12.5 Å². The molecule has 0 spiro atoms. The van der Waals surface area contributed by atoms with E-state index in [0.717, 1.165) is 11.0 Å². The van der Waals surface area contributed by atoms with E-state index < -0.39 is 23.7 Å². The van der Waals surface area contributed by atoms with Crippen molar-refractivity contribution in [1.29, 1.82) is 0 Å². The van der Waals surface area contributed by atoms with E-state index in [1.807, 2.05) is 0 Å². The second kappa shape index (κ2) is 6.44. The molecule has 1 aromatic rings. The average Bonchev–Trinajstić information content (AvgIpc) is 2.47. The topological polar surface area (TPSA) is 42.8 Å². The number of hydrogen-bond donors (Lipinski definition) is 2. The number of halogens is 3. The molecule has 2 N–H and O–H groups in total. The number of anilines is 1. The molecule has 1 fully saturated rings. The molecule has 0 unspecified atom stereocenters. The molecule has 1 saturated heterocycles. The number of para-hydroxylation sites is 1. The molecule has 1 amide bonds. The number of morpholine rings is 1. The van der Waals surface area contributed by atoms with Gasteiger partial charge in [-0.15, -0.1) is 0 Å². The number of ether oxygens (including phenoxy) is 1. The van der Waals surface area contributed by atoms with Crippen molar-refractivity contribution in [3.63, 3.8) is 0 Å². The molecule has 0 aliphatic carbocycles. The van der Waals surface area contributed by atoms with Crippen molar-refractivity contribution in [3.8, 4) is 0 Å². The normalized spacial score (nSPS) is 18.3. The molecule has 1 atom stereocenters. The van der Waals surface area contributed by atoms with E-state index in [0.29, 0.717) is 26.3 Å². The summed E-state index contributed by atoms with van der Waals surface area (Å²) in [5, 5.41) is 2.39. The largest absolute Gasteiger partial charge is 0.418 e. The van der Waals surface area contributed by atoms with Gasteiger partial charge in [-0.05, 0) is 19.1 Å². The van der Waals surface area contributed by atoms with Crippen LogP contribution in [0.5, 0.6) is 0 Å². The third-order valence-corrected chi connectivity index (χ3v) is 3.63. The monoisotopic (exact) mass is 303 g/mol. The number of quaternary nitrogens is 1. The van der Waals surface area contributed by atoms with Crippen LogP contribution in [0.15, 0.2) is 24.3 Å². The van der Waals surface area contributed by atoms with Crippen molar-refractivity contribution in [3.05, 3.63) is 29.8 Å². The maximum absolute atomic E-state index is 12.9. The number of amides is 1. The first kappa shape index (κ1) is 15.8. The Bertz CT molecular complexity index is 499. The van der Waals surface area contributed by atoms with Crippen molar-refractivity contribution in [1.82, 2.24) is 0 Å². The van der Waals surface area contributed by atoms with Gasteiger partial charge in [-0.1, -0.05) is 12.1 Å². The van der Waals surface area contributed by atoms with Gasteiger partial charge in [-0.3, -0.25) is 4.79 Å². The SMILES string of the molecule is C[C@@H](C(=O)Nc1ccccc1C(F)(F)F)[NH+]1CCOCC1. The molecular formula is C14H18F3N2O2+. The summed E-state index contributed by atoms with van der Waals surface area (Å²) in [6.45, 7) is 4.19.